The van der Waals surface area contributed by atoms with Crippen molar-refractivity contribution in [3.05, 3.63) is 29.8 Å². The van der Waals surface area contributed by atoms with Crippen LogP contribution >= 0.6 is 0 Å². The van der Waals surface area contributed by atoms with Crippen LogP contribution in [0.5, 0.6) is 5.75 Å². The van der Waals surface area contributed by atoms with Crippen molar-refractivity contribution >= 4 is 17.9 Å². The molecule has 3 amide bonds. The monoisotopic (exact) mass is 350 g/mol. The Balaban J connectivity index is 2.51. The number of aryl methyl sites for hydroxylation is 1. The van der Waals surface area contributed by atoms with Gasteiger partial charge in [0, 0.05) is 5.54 Å². The van der Waals surface area contributed by atoms with E-state index in [2.05, 4.69) is 10.6 Å². The second-order valence-corrected chi connectivity index (χ2v) is 6.85. The molecule has 0 heterocycles. The SMILES string of the molecule is Cc1cccc(O[C@@H](C)C(=O)O[C@H](C)C(=O)NC(=O)NC(C)(C)C)c1. The minimum Gasteiger partial charge on any atom is -0.479 e. The first-order chi connectivity index (χ1) is 11.5. The van der Waals surface area contributed by atoms with E-state index in [0.29, 0.717) is 5.75 Å². The predicted molar refractivity (Wildman–Crippen MR) is 93.3 cm³/mol. The molecule has 1 rings (SSSR count). The number of ether oxygens (including phenoxy) is 2. The molecule has 0 spiro atoms. The number of esters is 1. The smallest absolute Gasteiger partial charge is 0.347 e. The highest BCUT2D eigenvalue weighted by Crippen LogP contribution is 2.15. The molecule has 2 atom stereocenters. The molecule has 0 fully saturated rings. The van der Waals surface area contributed by atoms with Gasteiger partial charge in [0.2, 0.25) is 0 Å². The Labute approximate surface area is 148 Å². The summed E-state index contributed by atoms with van der Waals surface area (Å²) in [6.07, 6.45) is -2.01. The highest BCUT2D eigenvalue weighted by Gasteiger charge is 2.25. The number of imide groups is 1. The van der Waals surface area contributed by atoms with Crippen molar-refractivity contribution in [1.82, 2.24) is 10.6 Å². The quantitative estimate of drug-likeness (QED) is 0.795. The molecule has 0 aliphatic heterocycles. The first-order valence-electron chi connectivity index (χ1n) is 8.05. The molecule has 138 valence electrons. The summed E-state index contributed by atoms with van der Waals surface area (Å²) in [5.41, 5.74) is 0.510. The number of benzene rings is 1. The van der Waals surface area contributed by atoms with Crippen LogP contribution in [0.2, 0.25) is 0 Å². The zero-order valence-electron chi connectivity index (χ0n) is 15.5. The molecule has 0 aromatic heterocycles. The Kier molecular flexibility index (Phi) is 6.97. The van der Waals surface area contributed by atoms with Crippen molar-refractivity contribution in [1.29, 1.82) is 0 Å². The maximum Gasteiger partial charge on any atom is 0.347 e. The minimum atomic E-state index is -1.12. The van der Waals surface area contributed by atoms with Crippen LogP contribution in [0.3, 0.4) is 0 Å². The van der Waals surface area contributed by atoms with Crippen LogP contribution in [0.15, 0.2) is 24.3 Å². The fourth-order valence-corrected chi connectivity index (χ4v) is 1.85. The van der Waals surface area contributed by atoms with E-state index in [9.17, 15) is 14.4 Å². The van der Waals surface area contributed by atoms with E-state index in [1.165, 1.54) is 13.8 Å². The van der Waals surface area contributed by atoms with Gasteiger partial charge in [0.25, 0.3) is 5.91 Å². The van der Waals surface area contributed by atoms with Crippen molar-refractivity contribution in [2.45, 2.75) is 59.3 Å². The average Bonchev–Trinajstić information content (AvgIpc) is 2.44. The second kappa shape index (κ2) is 8.50. The number of hydrogen-bond donors (Lipinski definition) is 2. The maximum absolute atomic E-state index is 12.0. The molecule has 7 nitrogen and oxygen atoms in total. The topological polar surface area (TPSA) is 93.7 Å². The molecule has 0 bridgehead atoms. The van der Waals surface area contributed by atoms with E-state index in [0.717, 1.165) is 5.56 Å². The molecule has 25 heavy (non-hydrogen) atoms. The van der Waals surface area contributed by atoms with Crippen LogP contribution in [-0.4, -0.2) is 35.7 Å². The fraction of sp³-hybridized carbons (Fsp3) is 0.500. The van der Waals surface area contributed by atoms with Gasteiger partial charge in [-0.2, -0.15) is 0 Å². The maximum atomic E-state index is 12.0. The van der Waals surface area contributed by atoms with Crippen LogP contribution in [-0.2, 0) is 14.3 Å². The standard InChI is InChI=1S/C18H26N2O5/c1-11-8-7-9-14(10-11)24-13(3)16(22)25-12(2)15(21)19-17(23)20-18(4,5)6/h7-10,12-13H,1-6H3,(H2,19,20,21,23)/t12-,13+/m1/s1. The number of carbonyl (C=O) groups is 3. The van der Waals surface area contributed by atoms with E-state index in [1.807, 2.05) is 19.1 Å². The fourth-order valence-electron chi connectivity index (χ4n) is 1.85. The van der Waals surface area contributed by atoms with Gasteiger partial charge in [-0.3, -0.25) is 10.1 Å². The van der Waals surface area contributed by atoms with Gasteiger partial charge in [-0.15, -0.1) is 0 Å². The van der Waals surface area contributed by atoms with E-state index in [1.54, 1.807) is 32.9 Å². The normalized spacial score (nSPS) is 13.4. The molecule has 0 unspecified atom stereocenters. The Hall–Kier alpha value is -2.57. The molecular weight excluding hydrogens is 324 g/mol. The molecule has 2 N–H and O–H groups in total. The van der Waals surface area contributed by atoms with Crippen molar-refractivity contribution in [2.75, 3.05) is 0 Å². The van der Waals surface area contributed by atoms with Gasteiger partial charge < -0.3 is 14.8 Å². The Morgan fingerprint density at radius 2 is 1.72 bits per heavy atom. The predicted octanol–water partition coefficient (Wildman–Crippen LogP) is 2.32. The van der Waals surface area contributed by atoms with Gasteiger partial charge in [-0.1, -0.05) is 12.1 Å². The zero-order chi connectivity index (χ0) is 19.2. The summed E-state index contributed by atoms with van der Waals surface area (Å²) in [5.74, 6) is -0.871. The molecule has 1 aromatic carbocycles. The average molecular weight is 350 g/mol. The van der Waals surface area contributed by atoms with Crippen LogP contribution in [0.4, 0.5) is 4.79 Å². The van der Waals surface area contributed by atoms with Crippen LogP contribution in [0, 0.1) is 6.92 Å². The number of hydrogen-bond acceptors (Lipinski definition) is 5. The third-order valence-corrected chi connectivity index (χ3v) is 3.02. The summed E-state index contributed by atoms with van der Waals surface area (Å²) in [6, 6.07) is 6.59. The summed E-state index contributed by atoms with van der Waals surface area (Å²) < 4.78 is 10.6. The largest absolute Gasteiger partial charge is 0.479 e. The Morgan fingerprint density at radius 3 is 2.28 bits per heavy atom. The Bertz CT molecular complexity index is 637. The van der Waals surface area contributed by atoms with Gasteiger partial charge in [0.1, 0.15) is 5.75 Å². The molecule has 7 heteroatoms. The van der Waals surface area contributed by atoms with Gasteiger partial charge in [-0.25, -0.2) is 9.59 Å². The van der Waals surface area contributed by atoms with E-state index in [4.69, 9.17) is 9.47 Å². The molecule has 0 aliphatic rings. The number of amides is 3. The highest BCUT2D eigenvalue weighted by atomic mass is 16.6. The van der Waals surface area contributed by atoms with Gasteiger partial charge in [0.05, 0.1) is 0 Å². The minimum absolute atomic E-state index is 0.486. The lowest BCUT2D eigenvalue weighted by molar-refractivity contribution is -0.160. The van der Waals surface area contributed by atoms with Crippen molar-refractivity contribution < 1.29 is 23.9 Å². The van der Waals surface area contributed by atoms with E-state index < -0.39 is 35.7 Å². The molecule has 0 saturated carbocycles. The molecule has 1 aromatic rings. The molecule has 0 radical (unpaired) electrons. The van der Waals surface area contributed by atoms with E-state index >= 15 is 0 Å². The van der Waals surface area contributed by atoms with Gasteiger partial charge >= 0.3 is 12.0 Å². The molecule has 0 aliphatic carbocycles. The Morgan fingerprint density at radius 1 is 1.08 bits per heavy atom. The molecule has 0 saturated heterocycles. The van der Waals surface area contributed by atoms with Gasteiger partial charge in [0.15, 0.2) is 12.2 Å². The highest BCUT2D eigenvalue weighted by molar-refractivity contribution is 5.97. The summed E-state index contributed by atoms with van der Waals surface area (Å²) in [6.45, 7) is 10.2. The van der Waals surface area contributed by atoms with Crippen LogP contribution in [0.1, 0.15) is 40.2 Å². The lowest BCUT2D eigenvalue weighted by Gasteiger charge is -2.21. The third kappa shape index (κ3) is 7.69. The lowest BCUT2D eigenvalue weighted by Crippen LogP contribution is -2.51. The zero-order valence-corrected chi connectivity index (χ0v) is 15.5. The van der Waals surface area contributed by atoms with Crippen molar-refractivity contribution in [2.24, 2.45) is 0 Å². The second-order valence-electron chi connectivity index (χ2n) is 6.85. The molecular formula is C18H26N2O5. The summed E-state index contributed by atoms with van der Waals surface area (Å²) in [4.78, 5) is 35.6. The number of carbonyl (C=O) groups excluding carboxylic acids is 3. The first-order valence-corrected chi connectivity index (χ1v) is 8.05. The summed E-state index contributed by atoms with van der Waals surface area (Å²) in [7, 11) is 0. The first kappa shape index (κ1) is 20.5. The number of nitrogens with one attached hydrogen (secondary N) is 2. The van der Waals surface area contributed by atoms with E-state index in [-0.39, 0.29) is 0 Å². The van der Waals surface area contributed by atoms with Gasteiger partial charge in [-0.05, 0) is 59.2 Å². The summed E-state index contributed by atoms with van der Waals surface area (Å²) >= 11 is 0. The van der Waals surface area contributed by atoms with Crippen LogP contribution < -0.4 is 15.4 Å². The van der Waals surface area contributed by atoms with Crippen molar-refractivity contribution in [3.63, 3.8) is 0 Å². The number of urea groups is 1. The third-order valence-electron chi connectivity index (χ3n) is 3.02. The lowest BCUT2D eigenvalue weighted by atomic mass is 10.1. The van der Waals surface area contributed by atoms with Crippen molar-refractivity contribution in [3.8, 4) is 5.75 Å². The van der Waals surface area contributed by atoms with Crippen LogP contribution in [0.25, 0.3) is 0 Å². The number of rotatable bonds is 5. The summed E-state index contributed by atoms with van der Waals surface area (Å²) in [5, 5.41) is 4.71.